The third-order valence-corrected chi connectivity index (χ3v) is 5.88. The highest BCUT2D eigenvalue weighted by Crippen LogP contribution is 2.43. The number of benzene rings is 2. The van der Waals surface area contributed by atoms with Crippen molar-refractivity contribution < 1.29 is 14.3 Å². The van der Waals surface area contributed by atoms with Crippen LogP contribution in [0.5, 0.6) is 11.5 Å². The summed E-state index contributed by atoms with van der Waals surface area (Å²) < 4.78 is 11.2. The molecule has 1 aromatic heterocycles. The molecule has 0 spiro atoms. The number of ether oxygens (including phenoxy) is 2. The summed E-state index contributed by atoms with van der Waals surface area (Å²) in [6.07, 6.45) is 5.57. The van der Waals surface area contributed by atoms with Crippen LogP contribution in [0.25, 0.3) is 10.9 Å². The zero-order valence-corrected chi connectivity index (χ0v) is 17.8. The van der Waals surface area contributed by atoms with E-state index in [2.05, 4.69) is 10.3 Å². The van der Waals surface area contributed by atoms with Crippen molar-refractivity contribution in [1.82, 2.24) is 4.98 Å². The number of pyridine rings is 1. The molecule has 2 aromatic carbocycles. The molecule has 1 N–H and O–H groups in total. The topological polar surface area (TPSA) is 60.5 Å². The summed E-state index contributed by atoms with van der Waals surface area (Å²) >= 11 is 0. The van der Waals surface area contributed by atoms with Crippen LogP contribution in [-0.4, -0.2) is 24.1 Å². The molecule has 5 heteroatoms. The van der Waals surface area contributed by atoms with Crippen molar-refractivity contribution in [2.75, 3.05) is 12.4 Å². The highest BCUT2D eigenvalue weighted by atomic mass is 16.5. The summed E-state index contributed by atoms with van der Waals surface area (Å²) in [5.41, 5.74) is 2.04. The number of nitrogens with zero attached hydrogens (tertiary/aromatic N) is 1. The summed E-state index contributed by atoms with van der Waals surface area (Å²) in [7, 11) is 1.65. The number of anilines is 1. The molecule has 30 heavy (non-hydrogen) atoms. The van der Waals surface area contributed by atoms with Crippen LogP contribution >= 0.6 is 0 Å². The van der Waals surface area contributed by atoms with Crippen LogP contribution in [0.1, 0.15) is 45.1 Å². The molecule has 1 aliphatic carbocycles. The first-order valence-corrected chi connectivity index (χ1v) is 10.5. The van der Waals surface area contributed by atoms with Gasteiger partial charge >= 0.3 is 0 Å². The van der Waals surface area contributed by atoms with E-state index in [0.29, 0.717) is 0 Å². The Balaban J connectivity index is 1.69. The van der Waals surface area contributed by atoms with Gasteiger partial charge in [-0.3, -0.25) is 9.78 Å². The van der Waals surface area contributed by atoms with Gasteiger partial charge in [0.25, 0.3) is 0 Å². The predicted molar refractivity (Wildman–Crippen MR) is 119 cm³/mol. The van der Waals surface area contributed by atoms with E-state index in [1.165, 1.54) is 0 Å². The predicted octanol–water partition coefficient (Wildman–Crippen LogP) is 5.48. The van der Waals surface area contributed by atoms with Crippen LogP contribution in [0.2, 0.25) is 0 Å². The van der Waals surface area contributed by atoms with Crippen LogP contribution in [-0.2, 0) is 10.2 Å². The number of carbonyl (C=O) groups excluding carboxylic acids is 1. The quantitative estimate of drug-likeness (QED) is 0.591. The van der Waals surface area contributed by atoms with Gasteiger partial charge in [0.1, 0.15) is 17.0 Å². The van der Waals surface area contributed by atoms with Gasteiger partial charge in [0.15, 0.2) is 0 Å². The average molecular weight is 405 g/mol. The standard InChI is InChI=1S/C25H28N2O3/c1-17(2)30-22-13-12-21(20-7-6-16-26-23(20)22)27-24(28)25(14-4-5-15-25)18-8-10-19(29-3)11-9-18/h6-13,16-17H,4-5,14-15H2,1-3H3,(H,27,28). The van der Waals surface area contributed by atoms with E-state index in [1.54, 1.807) is 13.3 Å². The fourth-order valence-electron chi connectivity index (χ4n) is 4.38. The first kappa shape index (κ1) is 20.2. The second-order valence-electron chi connectivity index (χ2n) is 8.15. The molecule has 0 bridgehead atoms. The van der Waals surface area contributed by atoms with E-state index >= 15 is 0 Å². The zero-order chi connectivity index (χ0) is 21.1. The molecular formula is C25H28N2O3. The third-order valence-electron chi connectivity index (χ3n) is 5.88. The van der Waals surface area contributed by atoms with E-state index in [4.69, 9.17) is 9.47 Å². The summed E-state index contributed by atoms with van der Waals surface area (Å²) in [5.74, 6) is 1.56. The maximum atomic E-state index is 13.6. The van der Waals surface area contributed by atoms with E-state index in [1.807, 2.05) is 62.4 Å². The molecule has 0 unspecified atom stereocenters. The zero-order valence-electron chi connectivity index (χ0n) is 17.8. The summed E-state index contributed by atoms with van der Waals surface area (Å²) in [5, 5.41) is 4.09. The number of nitrogens with one attached hydrogen (secondary N) is 1. The summed E-state index contributed by atoms with van der Waals surface area (Å²) in [6.45, 7) is 3.98. The van der Waals surface area contributed by atoms with Crippen LogP contribution in [0.3, 0.4) is 0 Å². The number of hydrogen-bond donors (Lipinski definition) is 1. The molecule has 1 aliphatic rings. The normalized spacial score (nSPS) is 15.3. The average Bonchev–Trinajstić information content (AvgIpc) is 3.26. The molecule has 1 saturated carbocycles. The molecule has 0 saturated heterocycles. The number of methoxy groups -OCH3 is 1. The van der Waals surface area contributed by atoms with Crippen molar-refractivity contribution in [2.24, 2.45) is 0 Å². The van der Waals surface area contributed by atoms with E-state index < -0.39 is 5.41 Å². The Bertz CT molecular complexity index is 1040. The van der Waals surface area contributed by atoms with E-state index in [9.17, 15) is 4.79 Å². The minimum atomic E-state index is -0.520. The summed E-state index contributed by atoms with van der Waals surface area (Å²) in [4.78, 5) is 18.1. The first-order chi connectivity index (χ1) is 14.5. The van der Waals surface area contributed by atoms with Crippen LogP contribution in [0.4, 0.5) is 5.69 Å². The van der Waals surface area contributed by atoms with Crippen LogP contribution < -0.4 is 14.8 Å². The molecule has 0 aliphatic heterocycles. The molecule has 1 fully saturated rings. The molecule has 0 atom stereocenters. The van der Waals surface area contributed by atoms with Gasteiger partial charge in [-0.1, -0.05) is 25.0 Å². The summed E-state index contributed by atoms with van der Waals surface area (Å²) in [6, 6.07) is 15.5. The van der Waals surface area contributed by atoms with Gasteiger partial charge < -0.3 is 14.8 Å². The molecule has 156 valence electrons. The highest BCUT2D eigenvalue weighted by molar-refractivity contribution is 6.06. The van der Waals surface area contributed by atoms with Gasteiger partial charge in [-0.2, -0.15) is 0 Å². The second kappa shape index (κ2) is 8.34. The van der Waals surface area contributed by atoms with Gasteiger partial charge in [-0.25, -0.2) is 0 Å². The van der Waals surface area contributed by atoms with E-state index in [-0.39, 0.29) is 12.0 Å². The van der Waals surface area contributed by atoms with Crippen molar-refractivity contribution in [2.45, 2.75) is 51.0 Å². The number of fused-ring (bicyclic) bond motifs is 1. The lowest BCUT2D eigenvalue weighted by atomic mass is 9.78. The van der Waals surface area contributed by atoms with Crippen molar-refractivity contribution >= 4 is 22.5 Å². The number of amides is 1. The van der Waals surface area contributed by atoms with Crippen molar-refractivity contribution in [3.05, 3.63) is 60.3 Å². The Morgan fingerprint density at radius 1 is 1.07 bits per heavy atom. The molecule has 1 amide bonds. The van der Waals surface area contributed by atoms with Crippen LogP contribution in [0, 0.1) is 0 Å². The number of rotatable bonds is 6. The lowest BCUT2D eigenvalue weighted by Crippen LogP contribution is -2.38. The SMILES string of the molecule is COc1ccc(C2(C(=O)Nc3ccc(OC(C)C)c4ncccc34)CCCC2)cc1. The van der Waals surface area contributed by atoms with Gasteiger partial charge in [-0.05, 0) is 68.7 Å². The second-order valence-corrected chi connectivity index (χ2v) is 8.15. The van der Waals surface area contributed by atoms with Gasteiger partial charge in [0.05, 0.1) is 24.3 Å². The number of hydrogen-bond acceptors (Lipinski definition) is 4. The maximum absolute atomic E-state index is 13.6. The Morgan fingerprint density at radius 3 is 2.47 bits per heavy atom. The van der Waals surface area contributed by atoms with E-state index in [0.717, 1.165) is 59.3 Å². The Labute approximate surface area is 177 Å². The van der Waals surface area contributed by atoms with Crippen LogP contribution in [0.15, 0.2) is 54.7 Å². The first-order valence-electron chi connectivity index (χ1n) is 10.5. The minimum Gasteiger partial charge on any atom is -0.497 e. The number of carbonyl (C=O) groups is 1. The molecule has 3 aromatic rings. The Kier molecular flexibility index (Phi) is 5.62. The van der Waals surface area contributed by atoms with Crippen molar-refractivity contribution in [3.63, 3.8) is 0 Å². The molecular weight excluding hydrogens is 376 g/mol. The maximum Gasteiger partial charge on any atom is 0.235 e. The fourth-order valence-corrected chi connectivity index (χ4v) is 4.38. The third kappa shape index (κ3) is 3.72. The van der Waals surface area contributed by atoms with Gasteiger partial charge in [-0.15, -0.1) is 0 Å². The highest BCUT2D eigenvalue weighted by Gasteiger charge is 2.42. The van der Waals surface area contributed by atoms with Crippen molar-refractivity contribution in [1.29, 1.82) is 0 Å². The Hall–Kier alpha value is -3.08. The molecule has 5 nitrogen and oxygen atoms in total. The Morgan fingerprint density at radius 2 is 1.80 bits per heavy atom. The lowest BCUT2D eigenvalue weighted by Gasteiger charge is -2.29. The number of aromatic nitrogens is 1. The smallest absolute Gasteiger partial charge is 0.235 e. The minimum absolute atomic E-state index is 0.0350. The monoisotopic (exact) mass is 404 g/mol. The largest absolute Gasteiger partial charge is 0.497 e. The fraction of sp³-hybridized carbons (Fsp3) is 0.360. The lowest BCUT2D eigenvalue weighted by molar-refractivity contribution is -0.121. The van der Waals surface area contributed by atoms with Gasteiger partial charge in [0, 0.05) is 11.6 Å². The van der Waals surface area contributed by atoms with Gasteiger partial charge in [0.2, 0.25) is 5.91 Å². The molecule has 1 heterocycles. The van der Waals surface area contributed by atoms with Crippen molar-refractivity contribution in [3.8, 4) is 11.5 Å². The molecule has 4 rings (SSSR count). The molecule has 0 radical (unpaired) electrons.